The van der Waals surface area contributed by atoms with Gasteiger partial charge in [-0.1, -0.05) is 18.2 Å². The molecule has 2 heterocycles. The van der Waals surface area contributed by atoms with Gasteiger partial charge in [0.1, 0.15) is 20.2 Å². The summed E-state index contributed by atoms with van der Waals surface area (Å²) in [5, 5.41) is 46.3. The van der Waals surface area contributed by atoms with Crippen molar-refractivity contribution >= 4 is 79.6 Å². The van der Waals surface area contributed by atoms with Gasteiger partial charge < -0.3 is 34.2 Å². The second-order valence-electron chi connectivity index (χ2n) is 9.71. The summed E-state index contributed by atoms with van der Waals surface area (Å²) in [6.07, 6.45) is 5.69. The molecule has 0 spiro atoms. The number of methoxy groups -OCH3 is 1. The number of rotatable bonds is 16. The standard InChI is InChI=1S/C28H24N4O18S4.4K/c1-3-46-28(36)24-18(26(34)32(30-24)20-14-16(52-50-48-38)10-12-22(20)54(42,43)44)8-6-4-5-7-17-23(27(35)45-2)29-31(25(17)33)19-13-15(51-49-47-37)9-11-21(19)53(39,40)41;;;;/h4-14,33,37-38H,3H2,1-2H3,(H,39,40,41)(H,42,43,44);;;;/q;4*+1/p-4/b6-4?,7-5?,18-8-;;;;. The predicted molar refractivity (Wildman–Crippen MR) is 173 cm³/mol. The van der Waals surface area contributed by atoms with Crippen molar-refractivity contribution in [3.8, 4) is 11.6 Å². The number of hydrogen-bond donors (Lipinski definition) is 1. The maximum Gasteiger partial charge on any atom is 1.00 e. The van der Waals surface area contributed by atoms with Gasteiger partial charge in [-0.05, 0) is 55.5 Å². The van der Waals surface area contributed by atoms with E-state index in [4.69, 9.17) is 9.47 Å². The summed E-state index contributed by atoms with van der Waals surface area (Å²) in [7, 11) is -9.47. The van der Waals surface area contributed by atoms with E-state index in [0.29, 0.717) is 33.8 Å². The first-order valence-corrected chi connectivity index (χ1v) is 18.4. The third-order valence-corrected chi connectivity index (χ3v) is 9.45. The Morgan fingerprint density at radius 2 is 1.38 bits per heavy atom. The van der Waals surface area contributed by atoms with Crippen LogP contribution in [0.2, 0.25) is 0 Å². The molecule has 0 fully saturated rings. The minimum Gasteiger partial charge on any atom is -0.744 e. The van der Waals surface area contributed by atoms with Crippen molar-refractivity contribution in [1.82, 2.24) is 9.78 Å². The fourth-order valence-corrected chi connectivity index (χ4v) is 6.45. The van der Waals surface area contributed by atoms with Crippen LogP contribution >= 0.6 is 24.1 Å². The van der Waals surface area contributed by atoms with E-state index in [2.05, 4.69) is 28.9 Å². The first kappa shape index (κ1) is 59.6. The third-order valence-electron chi connectivity index (χ3n) is 6.54. The summed E-state index contributed by atoms with van der Waals surface area (Å²) >= 11 is 0.614. The SMILES string of the molecule is CCOC(=O)C1=NN(c2cc(SOO[O-])ccc2S(=O)(=O)[O-])C(=O)/C1=C\C=CC=Cc1c(C(=O)OC)nn(-c2cc(SOO[O-])ccc2S(=O)(=O)[O-])c1O.[K+].[K+].[K+].[K+]. The van der Waals surface area contributed by atoms with Gasteiger partial charge in [0.05, 0.1) is 70.1 Å². The summed E-state index contributed by atoms with van der Waals surface area (Å²) in [6.45, 7) is 1.29. The Morgan fingerprint density at radius 1 is 0.845 bits per heavy atom. The molecule has 1 N–H and O–H groups in total. The molecule has 1 aliphatic rings. The van der Waals surface area contributed by atoms with E-state index in [0.717, 1.165) is 55.7 Å². The molecule has 1 aromatic heterocycles. The van der Waals surface area contributed by atoms with Gasteiger partial charge in [0.25, 0.3) is 5.91 Å². The first-order chi connectivity index (χ1) is 25.6. The second kappa shape index (κ2) is 27.8. The zero-order chi connectivity index (χ0) is 39.8. The summed E-state index contributed by atoms with van der Waals surface area (Å²) < 4.78 is 90.6. The van der Waals surface area contributed by atoms with Gasteiger partial charge in [0, 0.05) is 9.79 Å². The quantitative estimate of drug-likeness (QED) is 0.0204. The largest absolute Gasteiger partial charge is 1.00 e. The number of benzene rings is 2. The van der Waals surface area contributed by atoms with Gasteiger partial charge in [-0.15, -0.1) is 0 Å². The van der Waals surface area contributed by atoms with E-state index in [1.54, 1.807) is 0 Å². The Kier molecular flexibility index (Phi) is 28.6. The van der Waals surface area contributed by atoms with E-state index in [1.807, 2.05) is 0 Å². The molecule has 0 unspecified atom stereocenters. The molecule has 22 nitrogen and oxygen atoms in total. The Morgan fingerprint density at radius 3 is 1.88 bits per heavy atom. The molecule has 0 radical (unpaired) electrons. The van der Waals surface area contributed by atoms with Crippen LogP contribution in [-0.4, -0.2) is 78.1 Å². The number of allylic oxidation sites excluding steroid dienone is 4. The number of anilines is 1. The second-order valence-corrected chi connectivity index (χ2v) is 14.0. The molecule has 0 bridgehead atoms. The molecule has 288 valence electrons. The van der Waals surface area contributed by atoms with Crippen LogP contribution in [0.15, 0.2) is 91.0 Å². The van der Waals surface area contributed by atoms with Crippen molar-refractivity contribution in [2.45, 2.75) is 26.5 Å². The molecule has 1 amide bonds. The number of carbonyl (C=O) groups excluding carboxylic acids is 3. The summed E-state index contributed by atoms with van der Waals surface area (Å²) in [5.74, 6) is -4.21. The number of hydrogen-bond acceptors (Lipinski definition) is 22. The number of aromatic hydroxyl groups is 1. The van der Waals surface area contributed by atoms with Crippen LogP contribution in [0, 0.1) is 0 Å². The van der Waals surface area contributed by atoms with E-state index in [-0.39, 0.29) is 227 Å². The maximum absolute atomic E-state index is 13.5. The minimum absolute atomic E-state index is 0. The number of nitrogens with zero attached hydrogens (tertiary/aromatic N) is 4. The van der Waals surface area contributed by atoms with Crippen molar-refractivity contribution in [2.24, 2.45) is 5.10 Å². The number of carbonyl (C=O) groups is 3. The Bertz CT molecular complexity index is 2320. The monoisotopic (exact) mass is 984 g/mol. The van der Waals surface area contributed by atoms with Crippen LogP contribution in [-0.2, 0) is 58.0 Å². The molecule has 30 heteroatoms. The summed E-state index contributed by atoms with van der Waals surface area (Å²) in [4.78, 5) is 37.0. The number of ether oxygens (including phenoxy) is 2. The van der Waals surface area contributed by atoms with Gasteiger partial charge in [-0.3, -0.25) is 14.9 Å². The van der Waals surface area contributed by atoms with Crippen molar-refractivity contribution < 1.29 is 290 Å². The number of hydrazone groups is 1. The normalized spacial score (nSPS) is 13.4. The van der Waals surface area contributed by atoms with Gasteiger partial charge in [0.15, 0.2) is 11.4 Å². The molecule has 0 atom stereocenters. The van der Waals surface area contributed by atoms with Crippen molar-refractivity contribution in [3.05, 3.63) is 77.5 Å². The maximum atomic E-state index is 13.5. The molecule has 0 aliphatic carbocycles. The molecule has 3 aromatic rings. The van der Waals surface area contributed by atoms with Crippen LogP contribution in [0.25, 0.3) is 11.8 Å². The van der Waals surface area contributed by atoms with E-state index < -0.39 is 82.1 Å². The average Bonchev–Trinajstić information content (AvgIpc) is 3.63. The number of esters is 2. The molecule has 0 saturated heterocycles. The van der Waals surface area contributed by atoms with Gasteiger partial charge in [-0.25, -0.2) is 26.4 Å². The number of aromatic nitrogens is 2. The molecule has 58 heavy (non-hydrogen) atoms. The number of amides is 1. The Hall–Kier alpha value is 1.58. The smallest absolute Gasteiger partial charge is 0.744 e. The van der Waals surface area contributed by atoms with E-state index >= 15 is 0 Å². The van der Waals surface area contributed by atoms with Gasteiger partial charge in [-0.2, -0.15) is 28.6 Å². The minimum atomic E-state index is -5.24. The molecule has 4 rings (SSSR count). The van der Waals surface area contributed by atoms with Crippen LogP contribution in [0.3, 0.4) is 0 Å². The Balaban J connectivity index is 0.00000812. The molecule has 1 aliphatic heterocycles. The molecular formula is C28H20K4N4O18S4. The molecular weight excluding hydrogens is 965 g/mol. The Labute approximate surface area is 507 Å². The van der Waals surface area contributed by atoms with E-state index in [1.165, 1.54) is 25.2 Å². The third kappa shape index (κ3) is 15.6. The van der Waals surface area contributed by atoms with Crippen LogP contribution < -0.4 is 221 Å². The zero-order valence-corrected chi connectivity index (χ0v) is 46.6. The summed E-state index contributed by atoms with van der Waals surface area (Å²) in [5.41, 5.74) is -3.17. The topological polar surface area (TPSA) is 321 Å². The summed E-state index contributed by atoms with van der Waals surface area (Å²) in [6, 6.07) is 5.70. The predicted octanol–water partition coefficient (Wildman–Crippen LogP) is -11.9. The molecule has 0 saturated carbocycles. The van der Waals surface area contributed by atoms with Crippen molar-refractivity contribution in [2.75, 3.05) is 18.7 Å². The van der Waals surface area contributed by atoms with Crippen molar-refractivity contribution in [3.63, 3.8) is 0 Å². The van der Waals surface area contributed by atoms with Crippen LogP contribution in [0.1, 0.15) is 23.0 Å². The first-order valence-electron chi connectivity index (χ1n) is 14.1. The molecule has 2 aromatic carbocycles. The van der Waals surface area contributed by atoms with Crippen LogP contribution in [0.5, 0.6) is 5.88 Å². The van der Waals surface area contributed by atoms with E-state index in [9.17, 15) is 55.9 Å². The van der Waals surface area contributed by atoms with Crippen LogP contribution in [0.4, 0.5) is 5.69 Å². The van der Waals surface area contributed by atoms with Gasteiger partial charge in [0.2, 0.25) is 5.88 Å². The van der Waals surface area contributed by atoms with Gasteiger partial charge >= 0.3 is 217 Å². The zero-order valence-electron chi connectivity index (χ0n) is 30.9. The fourth-order valence-electron chi connectivity index (χ4n) is 4.39. The van der Waals surface area contributed by atoms with Crippen molar-refractivity contribution in [1.29, 1.82) is 0 Å². The average molecular weight is 985 g/mol. The fraction of sp³-hybridized carbons (Fsp3) is 0.107.